The molecule has 23 heavy (non-hydrogen) atoms. The van der Waals surface area contributed by atoms with Gasteiger partial charge in [-0.25, -0.2) is 0 Å². The van der Waals surface area contributed by atoms with Gasteiger partial charge < -0.3 is 10.0 Å². The number of hydrogen-bond donors (Lipinski definition) is 1. The van der Waals surface area contributed by atoms with Gasteiger partial charge in [-0.15, -0.1) is 0 Å². The molecule has 1 aliphatic rings. The molecule has 1 aromatic rings. The summed E-state index contributed by atoms with van der Waals surface area (Å²) in [6.07, 6.45) is 4.33. The van der Waals surface area contributed by atoms with E-state index in [4.69, 9.17) is 0 Å². The molecule has 0 radical (unpaired) electrons. The summed E-state index contributed by atoms with van der Waals surface area (Å²) in [6, 6.07) is 7.88. The van der Waals surface area contributed by atoms with Gasteiger partial charge in [-0.1, -0.05) is 42.7 Å². The number of rotatable bonds is 6. The van der Waals surface area contributed by atoms with Crippen molar-refractivity contribution in [1.82, 2.24) is 9.80 Å². The second-order valence-electron chi connectivity index (χ2n) is 7.34. The van der Waals surface area contributed by atoms with E-state index in [1.54, 1.807) is 0 Å². The van der Waals surface area contributed by atoms with Gasteiger partial charge in [0.2, 0.25) is 5.91 Å². The molecular weight excluding hydrogens is 288 g/mol. The highest BCUT2D eigenvalue weighted by Crippen LogP contribution is 2.38. The van der Waals surface area contributed by atoms with E-state index in [9.17, 15) is 9.90 Å². The molecule has 1 N–H and O–H groups in total. The van der Waals surface area contributed by atoms with E-state index in [1.165, 1.54) is 5.56 Å². The second kappa shape index (κ2) is 7.45. The Labute approximate surface area is 140 Å². The Balaban J connectivity index is 2.15. The molecule has 4 heteroatoms. The molecule has 1 aliphatic carbocycles. The Morgan fingerprint density at radius 2 is 1.74 bits per heavy atom. The molecule has 1 saturated carbocycles. The van der Waals surface area contributed by atoms with Crippen LogP contribution in [0, 0.1) is 12.3 Å². The average molecular weight is 318 g/mol. The summed E-state index contributed by atoms with van der Waals surface area (Å²) in [4.78, 5) is 16.8. The molecule has 0 bridgehead atoms. The Kier molecular flexibility index (Phi) is 5.82. The minimum atomic E-state index is -0.280. The van der Waals surface area contributed by atoms with Gasteiger partial charge in [0.1, 0.15) is 6.04 Å². The number of amides is 1. The molecule has 2 rings (SSSR count). The van der Waals surface area contributed by atoms with Crippen molar-refractivity contribution in [3.05, 3.63) is 35.4 Å². The van der Waals surface area contributed by atoms with E-state index >= 15 is 0 Å². The molecule has 0 heterocycles. The van der Waals surface area contributed by atoms with Crippen LogP contribution in [0.15, 0.2) is 24.3 Å². The zero-order chi connectivity index (χ0) is 17.0. The lowest BCUT2D eigenvalue weighted by Crippen LogP contribution is -2.44. The first kappa shape index (κ1) is 18.0. The van der Waals surface area contributed by atoms with Crippen LogP contribution in [0.25, 0.3) is 0 Å². The summed E-state index contributed by atoms with van der Waals surface area (Å²) in [7, 11) is 5.74. The highest BCUT2D eigenvalue weighted by molar-refractivity contribution is 5.83. The van der Waals surface area contributed by atoms with E-state index in [-0.39, 0.29) is 24.0 Å². The molecule has 1 fully saturated rings. The lowest BCUT2D eigenvalue weighted by Gasteiger charge is -2.35. The number of carbonyl (C=O) groups is 1. The maximum atomic E-state index is 13.0. The predicted molar refractivity (Wildman–Crippen MR) is 93.2 cm³/mol. The number of nitrogens with zero attached hydrogens (tertiary/aromatic N) is 2. The van der Waals surface area contributed by atoms with Crippen molar-refractivity contribution in [2.45, 2.75) is 38.6 Å². The molecule has 4 nitrogen and oxygen atoms in total. The molecule has 0 saturated heterocycles. The third-order valence-corrected chi connectivity index (χ3v) is 5.09. The number of aliphatic hydroxyl groups is 1. The topological polar surface area (TPSA) is 43.8 Å². The minimum Gasteiger partial charge on any atom is -0.396 e. The summed E-state index contributed by atoms with van der Waals surface area (Å²) in [5.41, 5.74) is 2.10. The van der Waals surface area contributed by atoms with Crippen LogP contribution in [0.3, 0.4) is 0 Å². The standard InChI is InChI=1S/C19H30N2O2/c1-15-7-9-16(10-8-15)17(20(2)3)18(23)21(4)13-19(14-22)11-5-6-12-19/h7-10,17,22H,5-6,11-14H2,1-4H3/t17-/m0/s1. The summed E-state index contributed by atoms with van der Waals surface area (Å²) in [5, 5.41) is 9.79. The molecule has 0 spiro atoms. The van der Waals surface area contributed by atoms with E-state index in [1.807, 2.05) is 62.1 Å². The van der Waals surface area contributed by atoms with Gasteiger partial charge >= 0.3 is 0 Å². The van der Waals surface area contributed by atoms with Gasteiger partial charge in [-0.2, -0.15) is 0 Å². The molecule has 1 aromatic carbocycles. The van der Waals surface area contributed by atoms with Gasteiger partial charge in [-0.3, -0.25) is 9.69 Å². The van der Waals surface area contributed by atoms with Crippen LogP contribution in [0.5, 0.6) is 0 Å². The third kappa shape index (κ3) is 4.12. The fourth-order valence-electron chi connectivity index (χ4n) is 3.69. The van der Waals surface area contributed by atoms with E-state index in [0.717, 1.165) is 31.2 Å². The second-order valence-corrected chi connectivity index (χ2v) is 7.34. The zero-order valence-corrected chi connectivity index (χ0v) is 14.9. The Bertz CT molecular complexity index is 519. The van der Waals surface area contributed by atoms with Crippen molar-refractivity contribution in [3.63, 3.8) is 0 Å². The Hall–Kier alpha value is -1.39. The van der Waals surface area contributed by atoms with Crippen molar-refractivity contribution < 1.29 is 9.90 Å². The minimum absolute atomic E-state index is 0.0959. The summed E-state index contributed by atoms with van der Waals surface area (Å²) >= 11 is 0. The molecule has 0 aromatic heterocycles. The Morgan fingerprint density at radius 3 is 2.22 bits per heavy atom. The fourth-order valence-corrected chi connectivity index (χ4v) is 3.69. The fraction of sp³-hybridized carbons (Fsp3) is 0.632. The highest BCUT2D eigenvalue weighted by atomic mass is 16.3. The van der Waals surface area contributed by atoms with Gasteiger partial charge in [0.15, 0.2) is 0 Å². The van der Waals surface area contributed by atoms with Crippen LogP contribution in [-0.2, 0) is 4.79 Å². The summed E-state index contributed by atoms with van der Waals surface area (Å²) in [5.74, 6) is 0.0959. The number of carbonyl (C=O) groups excluding carboxylic acids is 1. The van der Waals surface area contributed by atoms with Crippen molar-refractivity contribution >= 4 is 5.91 Å². The molecule has 0 unspecified atom stereocenters. The zero-order valence-electron chi connectivity index (χ0n) is 14.9. The van der Waals surface area contributed by atoms with Crippen molar-refractivity contribution in [2.75, 3.05) is 34.3 Å². The van der Waals surface area contributed by atoms with Gasteiger partial charge in [0.25, 0.3) is 0 Å². The first-order chi connectivity index (χ1) is 10.9. The highest BCUT2D eigenvalue weighted by Gasteiger charge is 2.37. The number of aliphatic hydroxyl groups excluding tert-OH is 1. The van der Waals surface area contributed by atoms with Crippen LogP contribution in [0.1, 0.15) is 42.9 Å². The number of likely N-dealkylation sites (N-methyl/N-ethyl adjacent to an activating group) is 2. The Morgan fingerprint density at radius 1 is 1.17 bits per heavy atom. The largest absolute Gasteiger partial charge is 0.396 e. The first-order valence-electron chi connectivity index (χ1n) is 8.47. The first-order valence-corrected chi connectivity index (χ1v) is 8.47. The van der Waals surface area contributed by atoms with Crippen molar-refractivity contribution in [1.29, 1.82) is 0 Å². The van der Waals surface area contributed by atoms with E-state index < -0.39 is 0 Å². The molecule has 1 atom stereocenters. The lowest BCUT2D eigenvalue weighted by atomic mass is 9.86. The maximum Gasteiger partial charge on any atom is 0.244 e. The quantitative estimate of drug-likeness (QED) is 0.877. The molecular formula is C19H30N2O2. The maximum absolute atomic E-state index is 13.0. The van der Waals surface area contributed by atoms with Crippen molar-refractivity contribution in [3.8, 4) is 0 Å². The predicted octanol–water partition coefficient (Wildman–Crippen LogP) is 2.61. The van der Waals surface area contributed by atoms with Crippen LogP contribution in [0.2, 0.25) is 0 Å². The lowest BCUT2D eigenvalue weighted by molar-refractivity contribution is -0.137. The van der Waals surface area contributed by atoms with Gasteiger partial charge in [0.05, 0.1) is 6.61 Å². The average Bonchev–Trinajstić information content (AvgIpc) is 2.98. The van der Waals surface area contributed by atoms with Crippen LogP contribution in [0.4, 0.5) is 0 Å². The summed E-state index contributed by atoms with van der Waals surface area (Å²) in [6.45, 7) is 2.85. The van der Waals surface area contributed by atoms with Crippen LogP contribution < -0.4 is 0 Å². The van der Waals surface area contributed by atoms with E-state index in [2.05, 4.69) is 0 Å². The number of hydrogen-bond acceptors (Lipinski definition) is 3. The van der Waals surface area contributed by atoms with Crippen molar-refractivity contribution in [2.24, 2.45) is 5.41 Å². The number of benzene rings is 1. The monoisotopic (exact) mass is 318 g/mol. The smallest absolute Gasteiger partial charge is 0.244 e. The van der Waals surface area contributed by atoms with E-state index in [0.29, 0.717) is 6.54 Å². The summed E-state index contributed by atoms with van der Waals surface area (Å²) < 4.78 is 0. The third-order valence-electron chi connectivity index (χ3n) is 5.09. The van der Waals surface area contributed by atoms with Gasteiger partial charge in [0, 0.05) is 19.0 Å². The molecule has 0 aliphatic heterocycles. The van der Waals surface area contributed by atoms with Gasteiger partial charge in [-0.05, 0) is 39.4 Å². The van der Waals surface area contributed by atoms with Crippen LogP contribution in [-0.4, -0.2) is 55.1 Å². The number of aryl methyl sites for hydroxylation is 1. The SMILES string of the molecule is Cc1ccc([C@@H](C(=O)N(C)CC2(CO)CCCC2)N(C)C)cc1. The molecule has 128 valence electrons. The molecule has 1 amide bonds. The van der Waals surface area contributed by atoms with Crippen LogP contribution >= 0.6 is 0 Å². The normalized spacial score (nSPS) is 18.2.